The maximum absolute atomic E-state index is 11.4. The van der Waals surface area contributed by atoms with E-state index >= 15 is 0 Å². The molecule has 3 rings (SSSR count). The lowest BCUT2D eigenvalue weighted by molar-refractivity contribution is 0.112. The smallest absolute Gasteiger partial charge is 0.154 e. The first-order valence-corrected chi connectivity index (χ1v) is 6.86. The van der Waals surface area contributed by atoms with Gasteiger partial charge in [-0.15, -0.1) is 0 Å². The Balaban J connectivity index is 1.97. The maximum Gasteiger partial charge on any atom is 0.154 e. The summed E-state index contributed by atoms with van der Waals surface area (Å²) >= 11 is 6.04. The summed E-state index contributed by atoms with van der Waals surface area (Å²) in [6.45, 7) is 0.409. The van der Waals surface area contributed by atoms with E-state index in [9.17, 15) is 4.79 Å². The number of ether oxygens (including phenoxy) is 1. The largest absolute Gasteiger partial charge is 0.488 e. The SMILES string of the molecule is O=Cc1c(OCc2ccccc2)ccc2c(Cl)nccc12. The van der Waals surface area contributed by atoms with Crippen LogP contribution in [0, 0.1) is 0 Å². The molecule has 0 bridgehead atoms. The summed E-state index contributed by atoms with van der Waals surface area (Å²) in [5.41, 5.74) is 1.54. The van der Waals surface area contributed by atoms with Crippen LogP contribution in [0.4, 0.5) is 0 Å². The van der Waals surface area contributed by atoms with Crippen molar-refractivity contribution in [3.63, 3.8) is 0 Å². The van der Waals surface area contributed by atoms with Gasteiger partial charge in [-0.2, -0.15) is 0 Å². The number of halogens is 1. The van der Waals surface area contributed by atoms with E-state index in [-0.39, 0.29) is 0 Å². The van der Waals surface area contributed by atoms with Gasteiger partial charge in [0.15, 0.2) is 6.29 Å². The second-order valence-electron chi connectivity index (χ2n) is 4.57. The van der Waals surface area contributed by atoms with Crippen LogP contribution in [-0.4, -0.2) is 11.3 Å². The molecule has 0 spiro atoms. The van der Waals surface area contributed by atoms with Crippen LogP contribution in [0.1, 0.15) is 15.9 Å². The zero-order valence-corrected chi connectivity index (χ0v) is 11.9. The van der Waals surface area contributed by atoms with Crippen molar-refractivity contribution in [2.75, 3.05) is 0 Å². The van der Waals surface area contributed by atoms with Crippen molar-refractivity contribution in [2.24, 2.45) is 0 Å². The molecule has 0 N–H and O–H groups in total. The van der Waals surface area contributed by atoms with Crippen LogP contribution in [0.5, 0.6) is 5.75 Å². The summed E-state index contributed by atoms with van der Waals surface area (Å²) in [6.07, 6.45) is 2.37. The standard InChI is InChI=1S/C17H12ClNO2/c18-17-14-6-7-16(15(10-20)13(14)8-9-19-17)21-11-12-4-2-1-3-5-12/h1-10H,11H2. The summed E-state index contributed by atoms with van der Waals surface area (Å²) in [5.74, 6) is 0.545. The van der Waals surface area contributed by atoms with Crippen LogP contribution in [0.2, 0.25) is 5.15 Å². The number of hydrogen-bond acceptors (Lipinski definition) is 3. The van der Waals surface area contributed by atoms with Crippen molar-refractivity contribution in [2.45, 2.75) is 6.61 Å². The van der Waals surface area contributed by atoms with Crippen LogP contribution in [0.15, 0.2) is 54.7 Å². The van der Waals surface area contributed by atoms with E-state index in [1.165, 1.54) is 0 Å². The highest BCUT2D eigenvalue weighted by Gasteiger charge is 2.10. The minimum absolute atomic E-state index is 0.380. The Morgan fingerprint density at radius 1 is 1.05 bits per heavy atom. The lowest BCUT2D eigenvalue weighted by Gasteiger charge is -2.11. The highest BCUT2D eigenvalue weighted by Crippen LogP contribution is 2.30. The Morgan fingerprint density at radius 2 is 1.86 bits per heavy atom. The summed E-state index contributed by atoms with van der Waals surface area (Å²) < 4.78 is 5.77. The molecule has 0 aliphatic heterocycles. The van der Waals surface area contributed by atoms with Gasteiger partial charge in [0, 0.05) is 17.0 Å². The van der Waals surface area contributed by atoms with Crippen LogP contribution >= 0.6 is 11.6 Å². The Kier molecular flexibility index (Phi) is 3.84. The van der Waals surface area contributed by atoms with Crippen molar-refractivity contribution in [1.29, 1.82) is 0 Å². The van der Waals surface area contributed by atoms with Crippen LogP contribution in [-0.2, 0) is 6.61 Å². The fraction of sp³-hybridized carbons (Fsp3) is 0.0588. The average molecular weight is 298 g/mol. The zero-order chi connectivity index (χ0) is 14.7. The molecule has 0 fully saturated rings. The lowest BCUT2D eigenvalue weighted by atomic mass is 10.1. The third-order valence-electron chi connectivity index (χ3n) is 3.25. The van der Waals surface area contributed by atoms with Crippen molar-refractivity contribution in [1.82, 2.24) is 4.98 Å². The fourth-order valence-corrected chi connectivity index (χ4v) is 2.43. The van der Waals surface area contributed by atoms with Gasteiger partial charge in [0.2, 0.25) is 0 Å². The number of nitrogens with zero attached hydrogens (tertiary/aromatic N) is 1. The van der Waals surface area contributed by atoms with Gasteiger partial charge in [-0.1, -0.05) is 41.9 Å². The van der Waals surface area contributed by atoms with E-state index in [2.05, 4.69) is 4.98 Å². The lowest BCUT2D eigenvalue weighted by Crippen LogP contribution is -1.99. The Hall–Kier alpha value is -2.39. The van der Waals surface area contributed by atoms with E-state index in [1.54, 1.807) is 18.3 Å². The van der Waals surface area contributed by atoms with E-state index < -0.39 is 0 Å². The average Bonchev–Trinajstić information content (AvgIpc) is 2.53. The molecule has 0 unspecified atom stereocenters. The first kappa shape index (κ1) is 13.6. The van der Waals surface area contributed by atoms with Crippen molar-refractivity contribution >= 4 is 28.7 Å². The number of pyridine rings is 1. The highest BCUT2D eigenvalue weighted by atomic mass is 35.5. The molecule has 0 aliphatic rings. The molecule has 3 nitrogen and oxygen atoms in total. The molecule has 3 aromatic rings. The minimum Gasteiger partial charge on any atom is -0.488 e. The van der Waals surface area contributed by atoms with Crippen molar-refractivity contribution in [3.8, 4) is 5.75 Å². The Morgan fingerprint density at radius 3 is 2.62 bits per heavy atom. The Bertz CT molecular complexity index is 787. The molecule has 0 aliphatic carbocycles. The summed E-state index contributed by atoms with van der Waals surface area (Å²) in [6, 6.07) is 15.1. The molecule has 1 aromatic heterocycles. The van der Waals surface area contributed by atoms with E-state index in [4.69, 9.17) is 16.3 Å². The molecular formula is C17H12ClNO2. The topological polar surface area (TPSA) is 39.2 Å². The van der Waals surface area contributed by atoms with E-state index in [0.29, 0.717) is 23.1 Å². The van der Waals surface area contributed by atoms with Gasteiger partial charge in [0.05, 0.1) is 5.56 Å². The number of fused-ring (bicyclic) bond motifs is 1. The molecule has 0 radical (unpaired) electrons. The number of hydrogen-bond donors (Lipinski definition) is 0. The summed E-state index contributed by atoms with van der Waals surface area (Å²) in [5, 5.41) is 1.87. The first-order chi connectivity index (χ1) is 10.3. The predicted molar refractivity (Wildman–Crippen MR) is 82.9 cm³/mol. The normalized spacial score (nSPS) is 10.5. The number of aldehydes is 1. The van der Waals surface area contributed by atoms with Crippen LogP contribution in [0.3, 0.4) is 0 Å². The molecule has 1 heterocycles. The van der Waals surface area contributed by atoms with Crippen molar-refractivity contribution < 1.29 is 9.53 Å². The fourth-order valence-electron chi connectivity index (χ4n) is 2.21. The molecular weight excluding hydrogens is 286 g/mol. The van der Waals surface area contributed by atoms with Crippen molar-refractivity contribution in [3.05, 3.63) is 71.0 Å². The number of benzene rings is 2. The first-order valence-electron chi connectivity index (χ1n) is 6.48. The summed E-state index contributed by atoms with van der Waals surface area (Å²) in [7, 11) is 0. The molecule has 0 saturated heterocycles. The van der Waals surface area contributed by atoms with Gasteiger partial charge >= 0.3 is 0 Å². The van der Waals surface area contributed by atoms with Gasteiger partial charge in [0.1, 0.15) is 17.5 Å². The molecule has 104 valence electrons. The van der Waals surface area contributed by atoms with Gasteiger partial charge in [-0.3, -0.25) is 4.79 Å². The second kappa shape index (κ2) is 5.94. The summed E-state index contributed by atoms with van der Waals surface area (Å²) in [4.78, 5) is 15.4. The predicted octanol–water partition coefficient (Wildman–Crippen LogP) is 4.28. The van der Waals surface area contributed by atoms with Gasteiger partial charge in [-0.05, 0) is 23.8 Å². The number of carbonyl (C=O) groups is 1. The maximum atomic E-state index is 11.4. The van der Waals surface area contributed by atoms with E-state index in [0.717, 1.165) is 22.6 Å². The minimum atomic E-state index is 0.380. The quantitative estimate of drug-likeness (QED) is 0.533. The van der Waals surface area contributed by atoms with Gasteiger partial charge < -0.3 is 4.74 Å². The zero-order valence-electron chi connectivity index (χ0n) is 11.1. The monoisotopic (exact) mass is 297 g/mol. The number of aromatic nitrogens is 1. The number of rotatable bonds is 4. The molecule has 4 heteroatoms. The third kappa shape index (κ3) is 2.73. The Labute approximate surface area is 127 Å². The van der Waals surface area contributed by atoms with E-state index in [1.807, 2.05) is 36.4 Å². The second-order valence-corrected chi connectivity index (χ2v) is 4.92. The number of carbonyl (C=O) groups excluding carboxylic acids is 1. The van der Waals surface area contributed by atoms with Crippen LogP contribution < -0.4 is 4.74 Å². The molecule has 0 atom stereocenters. The molecule has 0 saturated carbocycles. The molecule has 2 aromatic carbocycles. The molecule has 0 amide bonds. The third-order valence-corrected chi connectivity index (χ3v) is 3.55. The molecule has 21 heavy (non-hydrogen) atoms. The van der Waals surface area contributed by atoms with Gasteiger partial charge in [0.25, 0.3) is 0 Å². The highest BCUT2D eigenvalue weighted by molar-refractivity contribution is 6.34. The van der Waals surface area contributed by atoms with Gasteiger partial charge in [-0.25, -0.2) is 4.98 Å². The van der Waals surface area contributed by atoms with Crippen LogP contribution in [0.25, 0.3) is 10.8 Å².